The number of amides is 2. The Bertz CT molecular complexity index is 898. The predicted molar refractivity (Wildman–Crippen MR) is 99.2 cm³/mol. The van der Waals surface area contributed by atoms with Gasteiger partial charge < -0.3 is 0 Å². The summed E-state index contributed by atoms with van der Waals surface area (Å²) in [6.45, 7) is 7.26. The zero-order valence-corrected chi connectivity index (χ0v) is 15.7. The van der Waals surface area contributed by atoms with Crippen LogP contribution in [0.15, 0.2) is 41.5 Å². The number of hydrogen-bond donors (Lipinski definition) is 0. The number of imide groups is 1. The lowest BCUT2D eigenvalue weighted by Gasteiger charge is -2.40. The number of nitrogens with zero attached hydrogens (tertiary/aromatic N) is 1. The van der Waals surface area contributed by atoms with Crippen LogP contribution in [0.2, 0.25) is 0 Å². The highest BCUT2D eigenvalue weighted by Gasteiger charge is 2.73. The minimum Gasteiger partial charge on any atom is -0.274 e. The number of hydrogen-bond acceptors (Lipinski definition) is 2. The minimum absolute atomic E-state index is 0.0504. The van der Waals surface area contributed by atoms with Crippen molar-refractivity contribution >= 4 is 17.5 Å². The zero-order valence-electron chi connectivity index (χ0n) is 15.7. The molecule has 3 heteroatoms. The molecule has 2 amide bonds. The molecule has 4 aliphatic carbocycles. The first-order valence-corrected chi connectivity index (χ1v) is 10.1. The van der Waals surface area contributed by atoms with E-state index in [1.165, 1.54) is 17.7 Å². The number of para-hydroxylation sites is 1. The van der Waals surface area contributed by atoms with Crippen LogP contribution in [-0.2, 0) is 9.59 Å². The van der Waals surface area contributed by atoms with E-state index in [0.717, 1.165) is 12.1 Å². The molecule has 3 fully saturated rings. The molecule has 134 valence electrons. The van der Waals surface area contributed by atoms with E-state index in [2.05, 4.69) is 20.8 Å². The normalized spacial score (nSPS) is 44.3. The first-order valence-electron chi connectivity index (χ1n) is 10.1. The lowest BCUT2D eigenvalue weighted by molar-refractivity contribution is -0.123. The quantitative estimate of drug-likeness (QED) is 0.434. The van der Waals surface area contributed by atoms with Gasteiger partial charge in [0.05, 0.1) is 17.5 Å². The van der Waals surface area contributed by atoms with Crippen molar-refractivity contribution in [3.05, 3.63) is 41.5 Å². The summed E-state index contributed by atoms with van der Waals surface area (Å²) in [4.78, 5) is 28.1. The van der Waals surface area contributed by atoms with Gasteiger partial charge in [0.1, 0.15) is 0 Å². The Morgan fingerprint density at radius 2 is 1.62 bits per heavy atom. The van der Waals surface area contributed by atoms with Crippen LogP contribution in [-0.4, -0.2) is 11.8 Å². The Balaban J connectivity index is 1.46. The lowest BCUT2D eigenvalue weighted by Crippen LogP contribution is -2.36. The van der Waals surface area contributed by atoms with Gasteiger partial charge in [-0.1, -0.05) is 50.1 Å². The van der Waals surface area contributed by atoms with Crippen molar-refractivity contribution in [1.29, 1.82) is 0 Å². The molecular weight excluding hydrogens is 322 g/mol. The maximum absolute atomic E-state index is 13.3. The van der Waals surface area contributed by atoms with Crippen LogP contribution in [0.1, 0.15) is 40.0 Å². The van der Waals surface area contributed by atoms with Crippen LogP contribution in [0.4, 0.5) is 5.69 Å². The standard InChI is InChI=1S/C23H25NO2/c1-22(2)15-9-10-23(22,3)19-14-11-13(16(15)19)17-18(14)21(26)24(20(17)25)12-7-5-4-6-8-12/h4-8,13-15,17-18H,9-11H2,1-3H3/t13-,14+,15+,17-,18+,23-/m1/s1. The molecular formula is C23H25NO2. The van der Waals surface area contributed by atoms with Gasteiger partial charge in [-0.15, -0.1) is 0 Å². The molecule has 3 nitrogen and oxygen atoms in total. The van der Waals surface area contributed by atoms with Crippen molar-refractivity contribution in [2.45, 2.75) is 40.0 Å². The third-order valence-electron chi connectivity index (χ3n) is 9.06. The number of carbonyl (C=O) groups is 2. The summed E-state index contributed by atoms with van der Waals surface area (Å²) < 4.78 is 0. The molecule has 6 atom stereocenters. The average Bonchev–Trinajstić information content (AvgIpc) is 3.34. The van der Waals surface area contributed by atoms with Gasteiger partial charge in [0, 0.05) is 0 Å². The van der Waals surface area contributed by atoms with Gasteiger partial charge in [0.2, 0.25) is 11.8 Å². The van der Waals surface area contributed by atoms with Crippen molar-refractivity contribution in [3.63, 3.8) is 0 Å². The molecule has 1 saturated heterocycles. The van der Waals surface area contributed by atoms with Gasteiger partial charge in [0.15, 0.2) is 0 Å². The van der Waals surface area contributed by atoms with Crippen LogP contribution in [0, 0.1) is 40.4 Å². The molecule has 0 spiro atoms. The fourth-order valence-electron chi connectivity index (χ4n) is 7.69. The Labute approximate surface area is 154 Å². The van der Waals surface area contributed by atoms with Gasteiger partial charge in [-0.05, 0) is 60.0 Å². The maximum Gasteiger partial charge on any atom is 0.238 e. The molecule has 26 heavy (non-hydrogen) atoms. The highest BCUT2D eigenvalue weighted by Crippen LogP contribution is 2.77. The number of allylic oxidation sites excluding steroid dienone is 2. The average molecular weight is 347 g/mol. The smallest absolute Gasteiger partial charge is 0.238 e. The Hall–Kier alpha value is -1.90. The molecule has 0 radical (unpaired) electrons. The molecule has 6 rings (SSSR count). The van der Waals surface area contributed by atoms with Crippen LogP contribution in [0.5, 0.6) is 0 Å². The van der Waals surface area contributed by atoms with Crippen LogP contribution < -0.4 is 4.90 Å². The molecule has 0 N–H and O–H groups in total. The monoisotopic (exact) mass is 347 g/mol. The summed E-state index contributed by atoms with van der Waals surface area (Å²) >= 11 is 0. The molecule has 0 unspecified atom stereocenters. The molecule has 1 aromatic rings. The van der Waals surface area contributed by atoms with Gasteiger partial charge in [-0.3, -0.25) is 14.5 Å². The maximum atomic E-state index is 13.3. The first kappa shape index (κ1) is 15.2. The number of anilines is 1. The largest absolute Gasteiger partial charge is 0.274 e. The SMILES string of the molecule is CC1(C)[C@H]2CC[C@]1(C)C1=C2[C@H]2C[C@H]1[C@@H]1C(=O)N(c3ccccc3)C(=O)[C@@H]12. The van der Waals surface area contributed by atoms with Crippen LogP contribution in [0.25, 0.3) is 0 Å². The number of rotatable bonds is 1. The van der Waals surface area contributed by atoms with Gasteiger partial charge in [-0.25, -0.2) is 0 Å². The molecule has 2 saturated carbocycles. The van der Waals surface area contributed by atoms with E-state index >= 15 is 0 Å². The molecule has 5 aliphatic rings. The van der Waals surface area contributed by atoms with Gasteiger partial charge in [-0.2, -0.15) is 0 Å². The van der Waals surface area contributed by atoms with E-state index < -0.39 is 0 Å². The van der Waals surface area contributed by atoms with E-state index in [1.807, 2.05) is 30.3 Å². The van der Waals surface area contributed by atoms with Crippen molar-refractivity contribution < 1.29 is 9.59 Å². The summed E-state index contributed by atoms with van der Waals surface area (Å²) in [5, 5.41) is 0. The molecule has 1 heterocycles. The molecule has 1 aliphatic heterocycles. The van der Waals surface area contributed by atoms with E-state index in [0.29, 0.717) is 17.8 Å². The van der Waals surface area contributed by atoms with Crippen molar-refractivity contribution in [2.75, 3.05) is 4.90 Å². The Kier molecular flexibility index (Phi) is 2.52. The predicted octanol–water partition coefficient (Wildman–Crippen LogP) is 4.19. The van der Waals surface area contributed by atoms with E-state index in [1.54, 1.807) is 11.1 Å². The second kappa shape index (κ2) is 4.32. The minimum atomic E-state index is -0.113. The lowest BCUT2D eigenvalue weighted by atomic mass is 9.63. The Morgan fingerprint density at radius 1 is 0.962 bits per heavy atom. The summed E-state index contributed by atoms with van der Waals surface area (Å²) in [5.41, 5.74) is 4.44. The fraction of sp³-hybridized carbons (Fsp3) is 0.565. The highest BCUT2D eigenvalue weighted by atomic mass is 16.2. The van der Waals surface area contributed by atoms with Gasteiger partial charge in [0.25, 0.3) is 0 Å². The fourth-order valence-corrected chi connectivity index (χ4v) is 7.69. The third-order valence-corrected chi connectivity index (χ3v) is 9.06. The topological polar surface area (TPSA) is 37.4 Å². The summed E-state index contributed by atoms with van der Waals surface area (Å²) in [6.07, 6.45) is 3.55. The Morgan fingerprint density at radius 3 is 2.31 bits per heavy atom. The van der Waals surface area contributed by atoms with E-state index in [9.17, 15) is 9.59 Å². The second-order valence-corrected chi connectivity index (χ2v) is 9.86. The summed E-state index contributed by atoms with van der Waals surface area (Å²) in [6, 6.07) is 9.50. The molecule has 4 bridgehead atoms. The number of benzene rings is 1. The molecule has 0 aromatic heterocycles. The van der Waals surface area contributed by atoms with E-state index in [-0.39, 0.29) is 34.5 Å². The molecule has 1 aromatic carbocycles. The van der Waals surface area contributed by atoms with Gasteiger partial charge >= 0.3 is 0 Å². The van der Waals surface area contributed by atoms with Crippen molar-refractivity contribution in [1.82, 2.24) is 0 Å². The summed E-state index contributed by atoms with van der Waals surface area (Å²) in [7, 11) is 0. The van der Waals surface area contributed by atoms with Crippen molar-refractivity contribution in [2.24, 2.45) is 40.4 Å². The summed E-state index contributed by atoms with van der Waals surface area (Å²) in [5.74, 6) is 1.12. The van der Waals surface area contributed by atoms with Crippen LogP contribution in [0.3, 0.4) is 0 Å². The number of carbonyl (C=O) groups excluding carboxylic acids is 2. The second-order valence-electron chi connectivity index (χ2n) is 9.86. The third kappa shape index (κ3) is 1.36. The van der Waals surface area contributed by atoms with Crippen LogP contribution >= 0.6 is 0 Å². The number of fused-ring (bicyclic) bond motifs is 11. The first-order chi connectivity index (χ1) is 12.4. The highest BCUT2D eigenvalue weighted by molar-refractivity contribution is 6.23. The zero-order chi connectivity index (χ0) is 18.0. The van der Waals surface area contributed by atoms with E-state index in [4.69, 9.17) is 0 Å². The van der Waals surface area contributed by atoms with Crippen molar-refractivity contribution in [3.8, 4) is 0 Å².